The van der Waals surface area contributed by atoms with Gasteiger partial charge in [-0.25, -0.2) is 8.42 Å². The highest BCUT2D eigenvalue weighted by atomic mass is 32.2. The molecule has 0 spiro atoms. The molecule has 0 aliphatic rings. The minimum absolute atomic E-state index is 0.0322. The predicted molar refractivity (Wildman–Crippen MR) is 84.9 cm³/mol. The number of aryl methyl sites for hydroxylation is 1. The lowest BCUT2D eigenvalue weighted by Gasteiger charge is -2.09. The first-order valence-corrected chi connectivity index (χ1v) is 8.41. The van der Waals surface area contributed by atoms with E-state index in [1.807, 2.05) is 31.2 Å². The molecule has 0 saturated carbocycles. The maximum atomic E-state index is 12.3. The van der Waals surface area contributed by atoms with Crippen LogP contribution in [0.25, 0.3) is 0 Å². The van der Waals surface area contributed by atoms with Gasteiger partial charge in [-0.2, -0.15) is 0 Å². The summed E-state index contributed by atoms with van der Waals surface area (Å²) in [5.41, 5.74) is 8.74. The Labute approximate surface area is 125 Å². The van der Waals surface area contributed by atoms with Gasteiger partial charge < -0.3 is 10.5 Å². The van der Waals surface area contributed by atoms with E-state index in [0.29, 0.717) is 17.0 Å². The minimum Gasteiger partial charge on any atom is -0.495 e. The topological polar surface area (TPSA) is 69.4 Å². The summed E-state index contributed by atoms with van der Waals surface area (Å²) in [6.45, 7) is 1.91. The normalized spacial score (nSPS) is 11.3. The molecule has 112 valence electrons. The average molecular weight is 305 g/mol. The van der Waals surface area contributed by atoms with E-state index in [1.165, 1.54) is 7.11 Å². The highest BCUT2D eigenvalue weighted by Gasteiger charge is 2.15. The van der Waals surface area contributed by atoms with Crippen LogP contribution in [-0.2, 0) is 21.3 Å². The van der Waals surface area contributed by atoms with Gasteiger partial charge in [0.2, 0.25) is 0 Å². The fraction of sp³-hybridized carbons (Fsp3) is 0.250. The third kappa shape index (κ3) is 3.98. The molecule has 0 fully saturated rings. The van der Waals surface area contributed by atoms with Crippen LogP contribution in [0, 0.1) is 6.92 Å². The SMILES string of the molecule is COc1ccc(CS(=O)(=O)Cc2ccccc2C)cc1N. The van der Waals surface area contributed by atoms with Gasteiger partial charge in [0.05, 0.1) is 24.3 Å². The number of anilines is 1. The maximum Gasteiger partial charge on any atom is 0.158 e. The van der Waals surface area contributed by atoms with Gasteiger partial charge in [0.25, 0.3) is 0 Å². The molecule has 2 rings (SSSR count). The van der Waals surface area contributed by atoms with Gasteiger partial charge in [-0.15, -0.1) is 0 Å². The molecule has 21 heavy (non-hydrogen) atoms. The third-order valence-electron chi connectivity index (χ3n) is 3.32. The summed E-state index contributed by atoms with van der Waals surface area (Å²) in [4.78, 5) is 0. The second-order valence-electron chi connectivity index (χ2n) is 5.04. The number of nitrogens with two attached hydrogens (primary N) is 1. The Hall–Kier alpha value is -2.01. The molecule has 0 heterocycles. The fourth-order valence-corrected chi connectivity index (χ4v) is 3.77. The Balaban J connectivity index is 2.18. The lowest BCUT2D eigenvalue weighted by atomic mass is 10.1. The second kappa shape index (κ2) is 6.18. The van der Waals surface area contributed by atoms with Crippen molar-refractivity contribution in [3.05, 3.63) is 59.2 Å². The van der Waals surface area contributed by atoms with Crippen LogP contribution in [-0.4, -0.2) is 15.5 Å². The molecule has 0 atom stereocenters. The van der Waals surface area contributed by atoms with Crippen LogP contribution in [0.4, 0.5) is 5.69 Å². The molecular weight excluding hydrogens is 286 g/mol. The highest BCUT2D eigenvalue weighted by molar-refractivity contribution is 7.89. The van der Waals surface area contributed by atoms with Gasteiger partial charge >= 0.3 is 0 Å². The van der Waals surface area contributed by atoms with E-state index in [0.717, 1.165) is 11.1 Å². The van der Waals surface area contributed by atoms with Crippen LogP contribution < -0.4 is 10.5 Å². The Kier molecular flexibility index (Phi) is 4.53. The molecule has 0 unspecified atom stereocenters. The molecule has 4 nitrogen and oxygen atoms in total. The molecule has 0 bridgehead atoms. The van der Waals surface area contributed by atoms with Crippen molar-refractivity contribution in [3.8, 4) is 5.75 Å². The summed E-state index contributed by atoms with van der Waals surface area (Å²) in [6.07, 6.45) is 0. The monoisotopic (exact) mass is 305 g/mol. The van der Waals surface area contributed by atoms with Gasteiger partial charge in [0.15, 0.2) is 9.84 Å². The van der Waals surface area contributed by atoms with E-state index in [-0.39, 0.29) is 11.5 Å². The quantitative estimate of drug-likeness (QED) is 0.862. The van der Waals surface area contributed by atoms with Crippen LogP contribution >= 0.6 is 0 Å². The number of ether oxygens (including phenoxy) is 1. The molecule has 2 aromatic rings. The number of hydrogen-bond acceptors (Lipinski definition) is 4. The number of sulfone groups is 1. The van der Waals surface area contributed by atoms with Gasteiger partial charge in [-0.3, -0.25) is 0 Å². The molecule has 2 N–H and O–H groups in total. The first-order valence-electron chi connectivity index (χ1n) is 6.58. The Bertz CT molecular complexity index is 739. The summed E-state index contributed by atoms with van der Waals surface area (Å²) in [5.74, 6) is 0.552. The largest absolute Gasteiger partial charge is 0.495 e. The molecule has 0 saturated heterocycles. The highest BCUT2D eigenvalue weighted by Crippen LogP contribution is 2.24. The van der Waals surface area contributed by atoms with Crippen molar-refractivity contribution >= 4 is 15.5 Å². The van der Waals surface area contributed by atoms with Crippen molar-refractivity contribution in [2.24, 2.45) is 0 Å². The van der Waals surface area contributed by atoms with Crippen molar-refractivity contribution in [1.82, 2.24) is 0 Å². The van der Waals surface area contributed by atoms with Gasteiger partial charge in [-0.05, 0) is 35.7 Å². The van der Waals surface area contributed by atoms with E-state index in [4.69, 9.17) is 10.5 Å². The lowest BCUT2D eigenvalue weighted by Crippen LogP contribution is -2.09. The zero-order valence-corrected chi connectivity index (χ0v) is 13.0. The van der Waals surface area contributed by atoms with Crippen molar-refractivity contribution < 1.29 is 13.2 Å². The number of nitrogen functional groups attached to an aromatic ring is 1. The van der Waals surface area contributed by atoms with Gasteiger partial charge in [-0.1, -0.05) is 30.3 Å². The van der Waals surface area contributed by atoms with Crippen LogP contribution in [0.1, 0.15) is 16.7 Å². The van der Waals surface area contributed by atoms with Crippen molar-refractivity contribution in [2.75, 3.05) is 12.8 Å². The number of hydrogen-bond donors (Lipinski definition) is 1. The molecule has 5 heteroatoms. The zero-order chi connectivity index (χ0) is 15.5. The summed E-state index contributed by atoms with van der Waals surface area (Å²) in [5, 5.41) is 0. The number of rotatable bonds is 5. The van der Waals surface area contributed by atoms with Crippen molar-refractivity contribution in [2.45, 2.75) is 18.4 Å². The lowest BCUT2D eigenvalue weighted by molar-refractivity contribution is 0.417. The summed E-state index contributed by atoms with van der Waals surface area (Å²) < 4.78 is 29.7. The van der Waals surface area contributed by atoms with Crippen molar-refractivity contribution in [3.63, 3.8) is 0 Å². The third-order valence-corrected chi connectivity index (χ3v) is 4.84. The molecule has 0 aliphatic heterocycles. The number of methoxy groups -OCH3 is 1. The van der Waals surface area contributed by atoms with Crippen LogP contribution in [0.3, 0.4) is 0 Å². The first-order chi connectivity index (χ1) is 9.91. The Morgan fingerprint density at radius 1 is 1.10 bits per heavy atom. The van der Waals surface area contributed by atoms with Crippen LogP contribution in [0.2, 0.25) is 0 Å². The molecule has 2 aromatic carbocycles. The summed E-state index contributed by atoms with van der Waals surface area (Å²) in [6, 6.07) is 12.6. The zero-order valence-electron chi connectivity index (χ0n) is 12.2. The average Bonchev–Trinajstić information content (AvgIpc) is 2.41. The maximum absolute atomic E-state index is 12.3. The fourth-order valence-electron chi connectivity index (χ4n) is 2.19. The second-order valence-corrected chi connectivity index (χ2v) is 7.10. The Morgan fingerprint density at radius 3 is 2.43 bits per heavy atom. The minimum atomic E-state index is -3.24. The smallest absolute Gasteiger partial charge is 0.158 e. The van der Waals surface area contributed by atoms with Crippen LogP contribution in [0.15, 0.2) is 42.5 Å². The molecule has 0 aromatic heterocycles. The predicted octanol–water partition coefficient (Wildman–Crippen LogP) is 2.70. The van der Waals surface area contributed by atoms with E-state index in [9.17, 15) is 8.42 Å². The van der Waals surface area contributed by atoms with Gasteiger partial charge in [0.1, 0.15) is 5.75 Å². The van der Waals surface area contributed by atoms with E-state index in [2.05, 4.69) is 0 Å². The van der Waals surface area contributed by atoms with Crippen LogP contribution in [0.5, 0.6) is 5.75 Å². The molecule has 0 amide bonds. The van der Waals surface area contributed by atoms with Gasteiger partial charge in [0, 0.05) is 0 Å². The molecule has 0 aliphatic carbocycles. The Morgan fingerprint density at radius 2 is 1.81 bits per heavy atom. The van der Waals surface area contributed by atoms with E-state index < -0.39 is 9.84 Å². The number of benzene rings is 2. The first kappa shape index (κ1) is 15.4. The van der Waals surface area contributed by atoms with E-state index >= 15 is 0 Å². The van der Waals surface area contributed by atoms with Crippen molar-refractivity contribution in [1.29, 1.82) is 0 Å². The standard InChI is InChI=1S/C16H19NO3S/c1-12-5-3-4-6-14(12)11-21(18,19)10-13-7-8-16(20-2)15(17)9-13/h3-9H,10-11,17H2,1-2H3. The molecule has 0 radical (unpaired) electrons. The van der Waals surface area contributed by atoms with E-state index in [1.54, 1.807) is 18.2 Å². The summed E-state index contributed by atoms with van der Waals surface area (Å²) >= 11 is 0. The molecular formula is C16H19NO3S. The summed E-state index contributed by atoms with van der Waals surface area (Å²) in [7, 11) is -1.71.